The van der Waals surface area contributed by atoms with E-state index in [1.165, 1.54) is 71.9 Å². The Morgan fingerprint density at radius 3 is 1.52 bits per heavy atom. The molecule has 0 fully saturated rings. The Balaban J connectivity index is 1.75. The Hall–Kier alpha value is -1.76. The average molecular weight is 278 g/mol. The van der Waals surface area contributed by atoms with E-state index in [4.69, 9.17) is 4.74 Å². The molecule has 21 heavy (non-hydrogen) atoms. The Kier molecular flexibility index (Phi) is 3.02. The second kappa shape index (κ2) is 4.91. The second-order valence-corrected chi connectivity index (χ2v) is 6.48. The van der Waals surface area contributed by atoms with Crippen LogP contribution in [0.3, 0.4) is 0 Å². The fourth-order valence-electron chi connectivity index (χ4n) is 4.02. The van der Waals surface area contributed by atoms with Gasteiger partial charge in [0.25, 0.3) is 0 Å². The van der Waals surface area contributed by atoms with E-state index in [0.717, 1.165) is 11.5 Å². The number of ether oxygens (including phenoxy) is 1. The molecule has 1 heteroatoms. The molecule has 0 N–H and O–H groups in total. The van der Waals surface area contributed by atoms with Gasteiger partial charge in [-0.25, -0.2) is 0 Å². The Morgan fingerprint density at radius 1 is 0.619 bits per heavy atom. The van der Waals surface area contributed by atoms with Gasteiger partial charge in [0.05, 0.1) is 0 Å². The van der Waals surface area contributed by atoms with Gasteiger partial charge in [-0.2, -0.15) is 0 Å². The standard InChI is InChI=1S/C20H22O/c1-13-9-11-19(17-7-3-5-15(13)17)21-20-12-10-14(2)16-6-4-8-18(16)20/h9-12H,3-8H2,1-2H3. The van der Waals surface area contributed by atoms with Crippen molar-refractivity contribution in [2.75, 3.05) is 0 Å². The molecule has 0 amide bonds. The first-order chi connectivity index (χ1) is 10.2. The van der Waals surface area contributed by atoms with Crippen LogP contribution >= 0.6 is 0 Å². The van der Waals surface area contributed by atoms with Crippen molar-refractivity contribution in [2.24, 2.45) is 0 Å². The number of fused-ring (bicyclic) bond motifs is 2. The average Bonchev–Trinajstić information content (AvgIpc) is 3.14. The van der Waals surface area contributed by atoms with Crippen LogP contribution in [0, 0.1) is 13.8 Å². The van der Waals surface area contributed by atoms with E-state index in [1.54, 1.807) is 0 Å². The zero-order valence-electron chi connectivity index (χ0n) is 13.0. The first-order valence-corrected chi connectivity index (χ1v) is 8.14. The fraction of sp³-hybridized carbons (Fsp3) is 0.400. The van der Waals surface area contributed by atoms with Crippen LogP contribution < -0.4 is 4.74 Å². The van der Waals surface area contributed by atoms with Gasteiger partial charge in [-0.1, -0.05) is 12.1 Å². The third kappa shape index (κ3) is 2.07. The molecular formula is C20H22O. The van der Waals surface area contributed by atoms with Gasteiger partial charge in [-0.05, 0) is 97.9 Å². The van der Waals surface area contributed by atoms with Crippen LogP contribution in [0.1, 0.15) is 46.2 Å². The van der Waals surface area contributed by atoms with Crippen molar-refractivity contribution in [3.05, 3.63) is 57.6 Å². The highest BCUT2D eigenvalue weighted by atomic mass is 16.5. The number of hydrogen-bond acceptors (Lipinski definition) is 1. The molecule has 0 saturated carbocycles. The molecule has 1 nitrogen and oxygen atoms in total. The molecule has 0 unspecified atom stereocenters. The summed E-state index contributed by atoms with van der Waals surface area (Å²) in [5, 5.41) is 0. The van der Waals surface area contributed by atoms with Crippen LogP contribution in [0.4, 0.5) is 0 Å². The SMILES string of the molecule is Cc1ccc(Oc2ccc(C)c3c2CCC3)c2c1CCC2. The molecule has 2 aliphatic carbocycles. The summed E-state index contributed by atoms with van der Waals surface area (Å²) in [6.07, 6.45) is 7.29. The van der Waals surface area contributed by atoms with Crippen LogP contribution in [0.2, 0.25) is 0 Å². The second-order valence-electron chi connectivity index (χ2n) is 6.48. The highest BCUT2D eigenvalue weighted by Crippen LogP contribution is 2.39. The predicted octanol–water partition coefficient (Wildman–Crippen LogP) is 5.07. The topological polar surface area (TPSA) is 9.23 Å². The highest BCUT2D eigenvalue weighted by Gasteiger charge is 2.21. The minimum absolute atomic E-state index is 1.09. The number of aryl methyl sites for hydroxylation is 2. The summed E-state index contributed by atoms with van der Waals surface area (Å²) in [5.74, 6) is 2.18. The van der Waals surface area contributed by atoms with Gasteiger partial charge in [-0.15, -0.1) is 0 Å². The van der Waals surface area contributed by atoms with E-state index in [2.05, 4.69) is 38.1 Å². The Bertz CT molecular complexity index is 651. The summed E-state index contributed by atoms with van der Waals surface area (Å²) in [4.78, 5) is 0. The predicted molar refractivity (Wildman–Crippen MR) is 86.5 cm³/mol. The largest absolute Gasteiger partial charge is 0.457 e. The van der Waals surface area contributed by atoms with Crippen molar-refractivity contribution >= 4 is 0 Å². The lowest BCUT2D eigenvalue weighted by atomic mass is 10.0. The van der Waals surface area contributed by atoms with E-state index in [1.807, 2.05) is 0 Å². The van der Waals surface area contributed by atoms with Crippen LogP contribution in [0.25, 0.3) is 0 Å². The molecule has 0 radical (unpaired) electrons. The lowest BCUT2D eigenvalue weighted by molar-refractivity contribution is 0.471. The van der Waals surface area contributed by atoms with E-state index in [0.29, 0.717) is 0 Å². The van der Waals surface area contributed by atoms with E-state index in [-0.39, 0.29) is 0 Å². The van der Waals surface area contributed by atoms with Gasteiger partial charge < -0.3 is 4.74 Å². The summed E-state index contributed by atoms with van der Waals surface area (Å²) >= 11 is 0. The molecule has 0 aliphatic heterocycles. The molecule has 2 aromatic carbocycles. The quantitative estimate of drug-likeness (QED) is 0.745. The maximum absolute atomic E-state index is 6.37. The first kappa shape index (κ1) is 12.9. The number of benzene rings is 2. The van der Waals surface area contributed by atoms with Gasteiger partial charge in [0.15, 0.2) is 0 Å². The summed E-state index contributed by atoms with van der Waals surface area (Å²) < 4.78 is 6.37. The van der Waals surface area contributed by atoms with Crippen LogP contribution in [0.5, 0.6) is 11.5 Å². The molecule has 108 valence electrons. The van der Waals surface area contributed by atoms with E-state index >= 15 is 0 Å². The maximum Gasteiger partial charge on any atom is 0.130 e. The van der Waals surface area contributed by atoms with Crippen molar-refractivity contribution < 1.29 is 4.74 Å². The van der Waals surface area contributed by atoms with Gasteiger partial charge in [0.2, 0.25) is 0 Å². The van der Waals surface area contributed by atoms with Crippen molar-refractivity contribution in [1.82, 2.24) is 0 Å². The monoisotopic (exact) mass is 278 g/mol. The summed E-state index contributed by atoms with van der Waals surface area (Å²) in [5.41, 5.74) is 8.78. The molecule has 4 rings (SSSR count). The summed E-state index contributed by atoms with van der Waals surface area (Å²) in [7, 11) is 0. The molecule has 0 aromatic heterocycles. The Labute approximate surface area is 127 Å². The minimum Gasteiger partial charge on any atom is -0.457 e. The molecule has 2 aliphatic rings. The number of hydrogen-bond donors (Lipinski definition) is 0. The van der Waals surface area contributed by atoms with Crippen LogP contribution in [-0.2, 0) is 25.7 Å². The fourth-order valence-corrected chi connectivity index (χ4v) is 4.02. The number of rotatable bonds is 2. The Morgan fingerprint density at radius 2 is 1.05 bits per heavy atom. The molecule has 0 spiro atoms. The van der Waals surface area contributed by atoms with Crippen molar-refractivity contribution in [2.45, 2.75) is 52.4 Å². The van der Waals surface area contributed by atoms with Crippen molar-refractivity contribution in [3.63, 3.8) is 0 Å². The zero-order chi connectivity index (χ0) is 14.4. The van der Waals surface area contributed by atoms with Crippen LogP contribution in [-0.4, -0.2) is 0 Å². The molecular weight excluding hydrogens is 256 g/mol. The van der Waals surface area contributed by atoms with Gasteiger partial charge in [0.1, 0.15) is 11.5 Å². The molecule has 2 aromatic rings. The third-order valence-corrected chi connectivity index (χ3v) is 5.17. The summed E-state index contributed by atoms with van der Waals surface area (Å²) in [6, 6.07) is 8.77. The first-order valence-electron chi connectivity index (χ1n) is 8.14. The van der Waals surface area contributed by atoms with E-state index < -0.39 is 0 Å². The smallest absolute Gasteiger partial charge is 0.130 e. The minimum atomic E-state index is 1.09. The van der Waals surface area contributed by atoms with E-state index in [9.17, 15) is 0 Å². The molecule has 0 heterocycles. The van der Waals surface area contributed by atoms with Crippen LogP contribution in [0.15, 0.2) is 24.3 Å². The highest BCUT2D eigenvalue weighted by molar-refractivity contribution is 5.52. The van der Waals surface area contributed by atoms with Gasteiger partial charge in [0, 0.05) is 0 Å². The molecule has 0 saturated heterocycles. The van der Waals surface area contributed by atoms with Crippen molar-refractivity contribution in [3.8, 4) is 11.5 Å². The van der Waals surface area contributed by atoms with Gasteiger partial charge in [-0.3, -0.25) is 0 Å². The molecule has 0 bridgehead atoms. The zero-order valence-corrected chi connectivity index (χ0v) is 13.0. The lowest BCUT2D eigenvalue weighted by Gasteiger charge is -2.15. The summed E-state index contributed by atoms with van der Waals surface area (Å²) in [6.45, 7) is 4.44. The van der Waals surface area contributed by atoms with Gasteiger partial charge >= 0.3 is 0 Å². The lowest BCUT2D eigenvalue weighted by Crippen LogP contribution is -1.97. The molecule has 0 atom stereocenters. The normalized spacial score (nSPS) is 15.9. The maximum atomic E-state index is 6.37. The van der Waals surface area contributed by atoms with Crippen molar-refractivity contribution in [1.29, 1.82) is 0 Å². The third-order valence-electron chi connectivity index (χ3n) is 5.17.